The van der Waals surface area contributed by atoms with Crippen LogP contribution in [0, 0.1) is 13.8 Å². The van der Waals surface area contributed by atoms with Crippen LogP contribution in [-0.4, -0.2) is 14.3 Å². The molecular weight excluding hydrogens is 396 g/mol. The fourth-order valence-corrected chi connectivity index (χ4v) is 3.90. The van der Waals surface area contributed by atoms with Crippen LogP contribution in [0.2, 0.25) is 5.02 Å². The van der Waals surface area contributed by atoms with Gasteiger partial charge in [0, 0.05) is 16.3 Å². The highest BCUT2D eigenvalue weighted by Crippen LogP contribution is 2.23. The van der Waals surface area contributed by atoms with Crippen LogP contribution in [0.1, 0.15) is 21.5 Å². The molecule has 1 amide bonds. The lowest BCUT2D eigenvalue weighted by atomic mass is 10.1. The van der Waals surface area contributed by atoms with Crippen LogP contribution in [0.3, 0.4) is 0 Å². The molecular formula is C21H19ClN2O3S. The van der Waals surface area contributed by atoms with Crippen LogP contribution in [0.15, 0.2) is 71.6 Å². The molecule has 0 aromatic heterocycles. The predicted molar refractivity (Wildman–Crippen MR) is 113 cm³/mol. The van der Waals surface area contributed by atoms with Gasteiger partial charge in [-0.2, -0.15) is 0 Å². The summed E-state index contributed by atoms with van der Waals surface area (Å²) in [6.07, 6.45) is 0. The minimum atomic E-state index is -3.75. The van der Waals surface area contributed by atoms with Crippen LogP contribution >= 0.6 is 11.6 Å². The largest absolute Gasteiger partial charge is 0.322 e. The molecule has 7 heteroatoms. The normalized spacial score (nSPS) is 11.1. The third-order valence-electron chi connectivity index (χ3n) is 4.25. The third kappa shape index (κ3) is 4.52. The Morgan fingerprint density at radius 2 is 1.54 bits per heavy atom. The van der Waals surface area contributed by atoms with Crippen LogP contribution in [0.5, 0.6) is 0 Å². The minimum Gasteiger partial charge on any atom is -0.322 e. The van der Waals surface area contributed by atoms with Gasteiger partial charge in [0.25, 0.3) is 15.9 Å². The van der Waals surface area contributed by atoms with Gasteiger partial charge in [0.05, 0.1) is 10.6 Å². The first kappa shape index (κ1) is 19.9. The number of sulfonamides is 1. The number of aryl methyl sites for hydroxylation is 2. The first-order valence-electron chi connectivity index (χ1n) is 8.52. The van der Waals surface area contributed by atoms with Crippen LogP contribution in [-0.2, 0) is 10.0 Å². The van der Waals surface area contributed by atoms with E-state index < -0.39 is 10.0 Å². The van der Waals surface area contributed by atoms with Crippen LogP contribution < -0.4 is 10.0 Å². The van der Waals surface area contributed by atoms with E-state index in [1.807, 2.05) is 31.2 Å². The van der Waals surface area contributed by atoms with E-state index in [-0.39, 0.29) is 10.8 Å². The van der Waals surface area contributed by atoms with E-state index in [0.29, 0.717) is 21.8 Å². The lowest BCUT2D eigenvalue weighted by Gasteiger charge is -2.13. The SMILES string of the molecule is Cc1ccccc1NC(=O)c1ccc(NS(=O)(=O)c2ccc(Cl)cc2)c(C)c1. The standard InChI is InChI=1S/C21H19ClN2O3S/c1-14-5-3-4-6-19(14)23-21(25)16-7-12-20(15(2)13-16)24-28(26,27)18-10-8-17(22)9-11-18/h3-13,24H,1-2H3,(H,23,25). The molecule has 0 unspecified atom stereocenters. The summed E-state index contributed by atoms with van der Waals surface area (Å²) >= 11 is 5.81. The zero-order valence-corrected chi connectivity index (χ0v) is 16.9. The average molecular weight is 415 g/mol. The lowest BCUT2D eigenvalue weighted by Crippen LogP contribution is -2.15. The Kier molecular flexibility index (Phi) is 5.72. The summed E-state index contributed by atoms with van der Waals surface area (Å²) in [5.41, 5.74) is 3.17. The zero-order chi connectivity index (χ0) is 20.3. The second-order valence-corrected chi connectivity index (χ2v) is 8.48. The molecule has 0 spiro atoms. The maximum atomic E-state index is 12.5. The van der Waals surface area contributed by atoms with Crippen molar-refractivity contribution >= 4 is 38.9 Å². The zero-order valence-electron chi connectivity index (χ0n) is 15.4. The summed E-state index contributed by atoms with van der Waals surface area (Å²) in [6.45, 7) is 3.65. The van der Waals surface area contributed by atoms with Gasteiger partial charge in [0.2, 0.25) is 0 Å². The Hall–Kier alpha value is -2.83. The Balaban J connectivity index is 1.79. The molecule has 0 saturated carbocycles. The van der Waals surface area contributed by atoms with Crippen molar-refractivity contribution in [3.05, 3.63) is 88.4 Å². The second-order valence-electron chi connectivity index (χ2n) is 6.36. The van der Waals surface area contributed by atoms with Crippen LogP contribution in [0.4, 0.5) is 11.4 Å². The molecule has 2 N–H and O–H groups in total. The van der Waals surface area contributed by atoms with Gasteiger partial charge in [-0.3, -0.25) is 9.52 Å². The summed E-state index contributed by atoms with van der Waals surface area (Å²) in [5, 5.41) is 3.32. The van der Waals surface area contributed by atoms with E-state index in [4.69, 9.17) is 11.6 Å². The maximum Gasteiger partial charge on any atom is 0.261 e. The van der Waals surface area contributed by atoms with E-state index in [1.54, 1.807) is 25.1 Å². The summed E-state index contributed by atoms with van der Waals surface area (Å²) < 4.78 is 27.6. The molecule has 0 saturated heterocycles. The van der Waals surface area contributed by atoms with E-state index in [1.165, 1.54) is 24.3 Å². The van der Waals surface area contributed by atoms with Crippen molar-refractivity contribution in [2.75, 3.05) is 10.0 Å². The number of carbonyl (C=O) groups is 1. The Bertz CT molecular complexity index is 1130. The van der Waals surface area contributed by atoms with Gasteiger partial charge in [0.15, 0.2) is 0 Å². The van der Waals surface area contributed by atoms with Crippen molar-refractivity contribution in [1.29, 1.82) is 0 Å². The fraction of sp³-hybridized carbons (Fsp3) is 0.0952. The van der Waals surface area contributed by atoms with Gasteiger partial charge in [0.1, 0.15) is 0 Å². The number of nitrogens with one attached hydrogen (secondary N) is 2. The number of carbonyl (C=O) groups excluding carboxylic acids is 1. The lowest BCUT2D eigenvalue weighted by molar-refractivity contribution is 0.102. The maximum absolute atomic E-state index is 12.5. The monoisotopic (exact) mass is 414 g/mol. The molecule has 0 aliphatic heterocycles. The Labute approximate surface area is 169 Å². The molecule has 0 aliphatic rings. The number of anilines is 2. The molecule has 28 heavy (non-hydrogen) atoms. The minimum absolute atomic E-state index is 0.109. The third-order valence-corrected chi connectivity index (χ3v) is 5.88. The van der Waals surface area contributed by atoms with E-state index in [9.17, 15) is 13.2 Å². The van der Waals surface area contributed by atoms with Crippen molar-refractivity contribution < 1.29 is 13.2 Å². The highest BCUT2D eigenvalue weighted by atomic mass is 35.5. The van der Waals surface area contributed by atoms with Crippen molar-refractivity contribution in [3.8, 4) is 0 Å². The first-order valence-corrected chi connectivity index (χ1v) is 10.4. The highest BCUT2D eigenvalue weighted by Gasteiger charge is 2.16. The molecule has 0 atom stereocenters. The number of halogens is 1. The average Bonchev–Trinajstić information content (AvgIpc) is 2.65. The quantitative estimate of drug-likeness (QED) is 0.616. The number of amides is 1. The molecule has 3 rings (SSSR count). The van der Waals surface area contributed by atoms with Crippen molar-refractivity contribution in [3.63, 3.8) is 0 Å². The first-order chi connectivity index (χ1) is 13.3. The molecule has 3 aromatic carbocycles. The fourth-order valence-electron chi connectivity index (χ4n) is 2.64. The number of para-hydroxylation sites is 1. The molecule has 144 valence electrons. The smallest absolute Gasteiger partial charge is 0.261 e. The molecule has 0 heterocycles. The van der Waals surface area contributed by atoms with Crippen LogP contribution in [0.25, 0.3) is 0 Å². The van der Waals surface area contributed by atoms with Crippen molar-refractivity contribution in [2.45, 2.75) is 18.7 Å². The van der Waals surface area contributed by atoms with Gasteiger partial charge in [-0.05, 0) is 73.5 Å². The molecule has 0 aliphatic carbocycles. The molecule has 3 aromatic rings. The van der Waals surface area contributed by atoms with Gasteiger partial charge in [-0.1, -0.05) is 29.8 Å². The number of benzene rings is 3. The number of rotatable bonds is 5. The summed E-state index contributed by atoms with van der Waals surface area (Å²) in [6, 6.07) is 18.2. The Morgan fingerprint density at radius 3 is 2.18 bits per heavy atom. The highest BCUT2D eigenvalue weighted by molar-refractivity contribution is 7.92. The van der Waals surface area contributed by atoms with Crippen molar-refractivity contribution in [1.82, 2.24) is 0 Å². The van der Waals surface area contributed by atoms with Gasteiger partial charge in [-0.15, -0.1) is 0 Å². The summed E-state index contributed by atoms with van der Waals surface area (Å²) in [7, 11) is -3.75. The van der Waals surface area contributed by atoms with Gasteiger partial charge < -0.3 is 5.32 Å². The van der Waals surface area contributed by atoms with Crippen molar-refractivity contribution in [2.24, 2.45) is 0 Å². The molecule has 0 radical (unpaired) electrons. The van der Waals surface area contributed by atoms with Gasteiger partial charge in [-0.25, -0.2) is 8.42 Å². The van der Waals surface area contributed by atoms with Gasteiger partial charge >= 0.3 is 0 Å². The topological polar surface area (TPSA) is 75.3 Å². The van der Waals surface area contributed by atoms with E-state index in [2.05, 4.69) is 10.0 Å². The summed E-state index contributed by atoms with van der Waals surface area (Å²) in [5.74, 6) is -0.260. The number of hydrogen-bond acceptors (Lipinski definition) is 3. The molecule has 0 fully saturated rings. The summed E-state index contributed by atoms with van der Waals surface area (Å²) in [4.78, 5) is 12.6. The molecule has 0 bridgehead atoms. The van der Waals surface area contributed by atoms with E-state index >= 15 is 0 Å². The Morgan fingerprint density at radius 1 is 0.857 bits per heavy atom. The predicted octanol–water partition coefficient (Wildman–Crippen LogP) is 5.01. The number of hydrogen-bond donors (Lipinski definition) is 2. The molecule has 5 nitrogen and oxygen atoms in total. The second kappa shape index (κ2) is 8.04. The van der Waals surface area contributed by atoms with E-state index in [0.717, 1.165) is 11.3 Å².